The molecule has 0 aromatic heterocycles. The zero-order chi connectivity index (χ0) is 23.2. The number of nitrogens with zero attached hydrogens (tertiary/aromatic N) is 3. The zero-order valence-electron chi connectivity index (χ0n) is 19.3. The van der Waals surface area contributed by atoms with Crippen LogP contribution in [0, 0.1) is 11.3 Å². The van der Waals surface area contributed by atoms with Crippen LogP contribution in [0.25, 0.3) is 0 Å². The van der Waals surface area contributed by atoms with E-state index in [1.807, 2.05) is 18.2 Å². The quantitative estimate of drug-likeness (QED) is 0.735. The summed E-state index contributed by atoms with van der Waals surface area (Å²) >= 11 is 0. The molecule has 1 aromatic carbocycles. The van der Waals surface area contributed by atoms with E-state index in [1.54, 1.807) is 4.90 Å². The molecule has 0 unspecified atom stereocenters. The predicted octanol–water partition coefficient (Wildman–Crippen LogP) is 2.83. The van der Waals surface area contributed by atoms with Crippen molar-refractivity contribution in [3.63, 3.8) is 0 Å². The summed E-state index contributed by atoms with van der Waals surface area (Å²) in [6, 6.07) is 12.6. The highest BCUT2D eigenvalue weighted by atomic mass is 16.6. The molecule has 1 saturated carbocycles. The molecule has 0 spiro atoms. The monoisotopic (exact) mass is 454 g/mol. The fourth-order valence-corrected chi connectivity index (χ4v) is 5.01. The van der Waals surface area contributed by atoms with Gasteiger partial charge in [-0.05, 0) is 44.1 Å². The van der Waals surface area contributed by atoms with Crippen LogP contribution < -0.4 is 5.32 Å². The topological polar surface area (TPSA) is 94.9 Å². The highest BCUT2D eigenvalue weighted by Crippen LogP contribution is 2.34. The van der Waals surface area contributed by atoms with Crippen LogP contribution in [0.1, 0.15) is 50.5 Å². The van der Waals surface area contributed by atoms with Crippen LogP contribution in [0.3, 0.4) is 0 Å². The lowest BCUT2D eigenvalue weighted by Crippen LogP contribution is -2.61. The molecule has 8 heteroatoms. The standard InChI is InChI=1S/C25H34N4O4/c26-20-24(11-13-28(14-12-24)19-21-7-3-1-4-8-21)27-22(30)25(9-5-2-6-10-25)33-23(31)29-15-17-32-18-16-29/h1,3-4,7-8H,2,5-6,9-19H2,(H,27,30). The van der Waals surface area contributed by atoms with Gasteiger partial charge in [-0.25, -0.2) is 4.79 Å². The van der Waals surface area contributed by atoms with Crippen molar-refractivity contribution in [1.82, 2.24) is 15.1 Å². The van der Waals surface area contributed by atoms with Gasteiger partial charge in [0.15, 0.2) is 5.60 Å². The number of nitrogens with one attached hydrogen (secondary N) is 1. The predicted molar refractivity (Wildman–Crippen MR) is 122 cm³/mol. The number of ether oxygens (including phenoxy) is 2. The van der Waals surface area contributed by atoms with Gasteiger partial charge in [-0.3, -0.25) is 9.69 Å². The lowest BCUT2D eigenvalue weighted by molar-refractivity contribution is -0.147. The van der Waals surface area contributed by atoms with E-state index in [-0.39, 0.29) is 5.91 Å². The Morgan fingerprint density at radius 3 is 2.30 bits per heavy atom. The minimum Gasteiger partial charge on any atom is -0.433 e. The van der Waals surface area contributed by atoms with Crippen molar-refractivity contribution >= 4 is 12.0 Å². The lowest BCUT2D eigenvalue weighted by atomic mass is 9.81. The first kappa shape index (κ1) is 23.5. The average Bonchev–Trinajstić information content (AvgIpc) is 2.87. The maximum atomic E-state index is 13.5. The van der Waals surface area contributed by atoms with E-state index >= 15 is 0 Å². The van der Waals surface area contributed by atoms with Gasteiger partial charge in [0.25, 0.3) is 5.91 Å². The van der Waals surface area contributed by atoms with Gasteiger partial charge in [0.2, 0.25) is 0 Å². The van der Waals surface area contributed by atoms with Crippen molar-refractivity contribution in [2.75, 3.05) is 39.4 Å². The molecule has 2 amide bonds. The smallest absolute Gasteiger partial charge is 0.410 e. The Morgan fingerprint density at radius 1 is 1.00 bits per heavy atom. The number of morpholine rings is 1. The molecule has 2 aliphatic heterocycles. The lowest BCUT2D eigenvalue weighted by Gasteiger charge is -2.42. The molecule has 1 aliphatic carbocycles. The van der Waals surface area contributed by atoms with Gasteiger partial charge in [-0.2, -0.15) is 5.26 Å². The first-order chi connectivity index (χ1) is 16.0. The number of hydrogen-bond donors (Lipinski definition) is 1. The molecular formula is C25H34N4O4. The van der Waals surface area contributed by atoms with Crippen molar-refractivity contribution in [3.05, 3.63) is 35.9 Å². The Hall–Kier alpha value is -2.63. The summed E-state index contributed by atoms with van der Waals surface area (Å²) in [7, 11) is 0. The number of benzene rings is 1. The number of carbonyl (C=O) groups is 2. The van der Waals surface area contributed by atoms with Crippen LogP contribution in [0.4, 0.5) is 4.79 Å². The number of rotatable bonds is 5. The van der Waals surface area contributed by atoms with Crippen LogP contribution in [0.15, 0.2) is 30.3 Å². The van der Waals surface area contributed by atoms with Crippen LogP contribution in [-0.4, -0.2) is 72.3 Å². The Morgan fingerprint density at radius 2 is 1.67 bits per heavy atom. The van der Waals surface area contributed by atoms with Gasteiger partial charge in [-0.1, -0.05) is 36.8 Å². The van der Waals surface area contributed by atoms with Crippen LogP contribution in [-0.2, 0) is 20.8 Å². The second kappa shape index (κ2) is 10.5. The molecule has 0 atom stereocenters. The number of carbonyl (C=O) groups excluding carboxylic acids is 2. The molecule has 3 aliphatic rings. The molecule has 33 heavy (non-hydrogen) atoms. The second-order valence-corrected chi connectivity index (χ2v) is 9.43. The van der Waals surface area contributed by atoms with Crippen molar-refractivity contribution < 1.29 is 19.1 Å². The van der Waals surface area contributed by atoms with Gasteiger partial charge in [0.05, 0.1) is 19.3 Å². The van der Waals surface area contributed by atoms with Crippen molar-refractivity contribution in [1.29, 1.82) is 5.26 Å². The number of amides is 2. The molecule has 3 fully saturated rings. The summed E-state index contributed by atoms with van der Waals surface area (Å²) in [6.07, 6.45) is 4.31. The largest absolute Gasteiger partial charge is 0.433 e. The Labute approximate surface area is 195 Å². The minimum absolute atomic E-state index is 0.318. The number of nitriles is 1. The van der Waals surface area contributed by atoms with E-state index in [0.717, 1.165) is 38.9 Å². The van der Waals surface area contributed by atoms with Crippen molar-refractivity contribution in [3.8, 4) is 6.07 Å². The maximum Gasteiger partial charge on any atom is 0.410 e. The first-order valence-corrected chi connectivity index (χ1v) is 12.1. The van der Waals surface area contributed by atoms with E-state index < -0.39 is 17.2 Å². The molecule has 4 rings (SSSR count). The average molecular weight is 455 g/mol. The van der Waals surface area contributed by atoms with Gasteiger partial charge in [0, 0.05) is 32.7 Å². The molecule has 2 saturated heterocycles. The summed E-state index contributed by atoms with van der Waals surface area (Å²) in [5, 5.41) is 13.1. The summed E-state index contributed by atoms with van der Waals surface area (Å²) in [5.74, 6) is -0.318. The van der Waals surface area contributed by atoms with Crippen molar-refractivity contribution in [2.45, 2.75) is 62.6 Å². The zero-order valence-corrected chi connectivity index (χ0v) is 19.3. The highest BCUT2D eigenvalue weighted by Gasteiger charge is 2.48. The number of piperidine rings is 1. The molecule has 8 nitrogen and oxygen atoms in total. The maximum absolute atomic E-state index is 13.5. The number of hydrogen-bond acceptors (Lipinski definition) is 6. The highest BCUT2D eigenvalue weighted by molar-refractivity contribution is 5.88. The van der Waals surface area contributed by atoms with Gasteiger partial charge >= 0.3 is 6.09 Å². The Balaban J connectivity index is 1.40. The molecule has 2 heterocycles. The summed E-state index contributed by atoms with van der Waals surface area (Å²) in [6.45, 7) is 4.17. The molecule has 178 valence electrons. The fourth-order valence-electron chi connectivity index (χ4n) is 5.01. The summed E-state index contributed by atoms with van der Waals surface area (Å²) in [4.78, 5) is 30.3. The fraction of sp³-hybridized carbons (Fsp3) is 0.640. The van der Waals surface area contributed by atoms with E-state index in [0.29, 0.717) is 52.0 Å². The van der Waals surface area contributed by atoms with Crippen molar-refractivity contribution in [2.24, 2.45) is 0 Å². The first-order valence-electron chi connectivity index (χ1n) is 12.1. The third-order valence-electron chi connectivity index (χ3n) is 7.15. The van der Waals surface area contributed by atoms with Gasteiger partial charge in [-0.15, -0.1) is 0 Å². The summed E-state index contributed by atoms with van der Waals surface area (Å²) < 4.78 is 11.2. The third-order valence-corrected chi connectivity index (χ3v) is 7.15. The van der Waals surface area contributed by atoms with E-state index in [4.69, 9.17) is 9.47 Å². The van der Waals surface area contributed by atoms with Gasteiger partial charge < -0.3 is 19.7 Å². The Bertz CT molecular complexity index is 849. The van der Waals surface area contributed by atoms with E-state index in [2.05, 4.69) is 28.4 Å². The summed E-state index contributed by atoms with van der Waals surface area (Å²) in [5.41, 5.74) is -0.888. The SMILES string of the molecule is N#CC1(NC(=O)C2(OC(=O)N3CCOCC3)CCCCC2)CCN(Cc2ccccc2)CC1. The van der Waals surface area contributed by atoms with E-state index in [1.165, 1.54) is 5.56 Å². The second-order valence-electron chi connectivity index (χ2n) is 9.43. The van der Waals surface area contributed by atoms with Crippen LogP contribution >= 0.6 is 0 Å². The van der Waals surface area contributed by atoms with Crippen LogP contribution in [0.2, 0.25) is 0 Å². The molecular weight excluding hydrogens is 420 g/mol. The molecule has 1 N–H and O–H groups in total. The third kappa shape index (κ3) is 5.66. The molecule has 0 bridgehead atoms. The Kier molecular flexibility index (Phi) is 7.51. The molecule has 0 radical (unpaired) electrons. The normalized spacial score (nSPS) is 22.7. The molecule has 1 aromatic rings. The minimum atomic E-state index is -1.20. The van der Waals surface area contributed by atoms with E-state index in [9.17, 15) is 14.9 Å². The number of likely N-dealkylation sites (tertiary alicyclic amines) is 1. The van der Waals surface area contributed by atoms with Gasteiger partial charge in [0.1, 0.15) is 5.54 Å². The van der Waals surface area contributed by atoms with Crippen LogP contribution in [0.5, 0.6) is 0 Å².